The highest BCUT2D eigenvalue weighted by molar-refractivity contribution is 5.61. The van der Waals surface area contributed by atoms with Crippen LogP contribution in [0.5, 0.6) is 5.75 Å². The fraction of sp³-hybridized carbons (Fsp3) is 0.500. The van der Waals surface area contributed by atoms with Crippen LogP contribution in [0.1, 0.15) is 32.3 Å². The Labute approximate surface area is 109 Å². The van der Waals surface area contributed by atoms with E-state index in [1.807, 2.05) is 6.07 Å². The van der Waals surface area contributed by atoms with Crippen molar-refractivity contribution >= 4 is 5.69 Å². The van der Waals surface area contributed by atoms with Crippen LogP contribution in [0, 0.1) is 11.3 Å². The maximum atomic E-state index is 9.13. The summed E-state index contributed by atoms with van der Waals surface area (Å²) in [6.45, 7) is 4.72. The van der Waals surface area contributed by atoms with E-state index in [1.54, 1.807) is 19.2 Å². The average molecular weight is 247 g/mol. The second-order valence-electron chi connectivity index (χ2n) is 4.34. The summed E-state index contributed by atoms with van der Waals surface area (Å²) >= 11 is 0. The largest absolute Gasteiger partial charge is 0.497 e. The Hall–Kier alpha value is -1.73. The van der Waals surface area contributed by atoms with Crippen molar-refractivity contribution in [2.24, 2.45) is 5.73 Å². The maximum absolute atomic E-state index is 9.13. The highest BCUT2D eigenvalue weighted by Crippen LogP contribution is 2.27. The molecule has 1 aromatic rings. The molecule has 4 heteroatoms. The first-order valence-electron chi connectivity index (χ1n) is 6.21. The van der Waals surface area contributed by atoms with Crippen LogP contribution in [0.2, 0.25) is 0 Å². The Morgan fingerprint density at radius 3 is 2.50 bits per heavy atom. The van der Waals surface area contributed by atoms with Gasteiger partial charge in [0.15, 0.2) is 0 Å². The minimum absolute atomic E-state index is 0.169. The molecule has 3 N–H and O–H groups in total. The van der Waals surface area contributed by atoms with Crippen LogP contribution in [0.15, 0.2) is 18.2 Å². The molecule has 1 rings (SSSR count). The average Bonchev–Trinajstić information content (AvgIpc) is 2.44. The van der Waals surface area contributed by atoms with E-state index in [0.717, 1.165) is 24.3 Å². The second kappa shape index (κ2) is 6.27. The molecule has 0 bridgehead atoms. The molecule has 0 radical (unpaired) electrons. The molecule has 0 aliphatic heterocycles. The maximum Gasteiger partial charge on any atom is 0.121 e. The molecule has 1 aromatic carbocycles. The van der Waals surface area contributed by atoms with Gasteiger partial charge in [0.1, 0.15) is 11.8 Å². The summed E-state index contributed by atoms with van der Waals surface area (Å²) in [6.07, 6.45) is 1.81. The Kier molecular flexibility index (Phi) is 4.99. The van der Waals surface area contributed by atoms with E-state index in [-0.39, 0.29) is 5.54 Å². The summed E-state index contributed by atoms with van der Waals surface area (Å²) in [4.78, 5) is 0. The van der Waals surface area contributed by atoms with Crippen molar-refractivity contribution in [2.45, 2.75) is 32.2 Å². The van der Waals surface area contributed by atoms with Gasteiger partial charge in [-0.2, -0.15) is 5.26 Å². The molecule has 0 aliphatic rings. The zero-order valence-corrected chi connectivity index (χ0v) is 11.3. The van der Waals surface area contributed by atoms with Crippen LogP contribution in [-0.4, -0.2) is 19.2 Å². The van der Waals surface area contributed by atoms with Crippen LogP contribution < -0.4 is 15.8 Å². The number of anilines is 1. The lowest BCUT2D eigenvalue weighted by Gasteiger charge is -2.33. The zero-order valence-electron chi connectivity index (χ0n) is 11.3. The monoisotopic (exact) mass is 247 g/mol. The smallest absolute Gasteiger partial charge is 0.121 e. The van der Waals surface area contributed by atoms with Gasteiger partial charge in [0.2, 0.25) is 0 Å². The predicted octanol–water partition coefficient (Wildman–Crippen LogP) is 2.50. The molecule has 4 nitrogen and oxygen atoms in total. The van der Waals surface area contributed by atoms with Gasteiger partial charge in [-0.15, -0.1) is 0 Å². The molecule has 0 spiro atoms. The Bertz CT molecular complexity index is 425. The molecule has 0 fully saturated rings. The van der Waals surface area contributed by atoms with Crippen molar-refractivity contribution in [3.05, 3.63) is 23.8 Å². The fourth-order valence-corrected chi connectivity index (χ4v) is 1.90. The molecule has 0 aromatic heterocycles. The SMILES string of the molecule is CCC(CC)(CN)Nc1cc(OC)ccc1C#N. The molecule has 0 aliphatic carbocycles. The third-order valence-electron chi connectivity index (χ3n) is 3.49. The van der Waals surface area contributed by atoms with Gasteiger partial charge in [0, 0.05) is 18.2 Å². The van der Waals surface area contributed by atoms with Crippen molar-refractivity contribution in [1.29, 1.82) is 5.26 Å². The van der Waals surface area contributed by atoms with E-state index in [4.69, 9.17) is 15.7 Å². The van der Waals surface area contributed by atoms with Crippen LogP contribution in [0.4, 0.5) is 5.69 Å². The number of nitriles is 1. The first-order chi connectivity index (χ1) is 8.64. The zero-order chi connectivity index (χ0) is 13.6. The summed E-state index contributed by atoms with van der Waals surface area (Å²) in [6, 6.07) is 7.57. The van der Waals surface area contributed by atoms with Crippen LogP contribution >= 0.6 is 0 Å². The third-order valence-corrected chi connectivity index (χ3v) is 3.49. The second-order valence-corrected chi connectivity index (χ2v) is 4.34. The van der Waals surface area contributed by atoms with Crippen LogP contribution in [-0.2, 0) is 0 Å². The van der Waals surface area contributed by atoms with Gasteiger partial charge < -0.3 is 15.8 Å². The van der Waals surface area contributed by atoms with Crippen LogP contribution in [0.25, 0.3) is 0 Å². The summed E-state index contributed by atoms with van der Waals surface area (Å²) in [5.41, 5.74) is 7.08. The van der Waals surface area contributed by atoms with Crippen molar-refractivity contribution in [2.75, 3.05) is 19.0 Å². The summed E-state index contributed by atoms with van der Waals surface area (Å²) in [5, 5.41) is 12.5. The minimum atomic E-state index is -0.169. The predicted molar refractivity (Wildman–Crippen MR) is 73.7 cm³/mol. The molecule has 0 amide bonds. The summed E-state index contributed by atoms with van der Waals surface area (Å²) < 4.78 is 5.19. The van der Waals surface area contributed by atoms with E-state index in [9.17, 15) is 0 Å². The van der Waals surface area contributed by atoms with Crippen molar-refractivity contribution < 1.29 is 4.74 Å². The van der Waals surface area contributed by atoms with Crippen molar-refractivity contribution in [3.63, 3.8) is 0 Å². The quantitative estimate of drug-likeness (QED) is 0.810. The lowest BCUT2D eigenvalue weighted by Crippen LogP contribution is -2.44. The van der Waals surface area contributed by atoms with Gasteiger partial charge in [-0.3, -0.25) is 0 Å². The number of nitrogens with two attached hydrogens (primary N) is 1. The number of rotatable bonds is 6. The molecule has 18 heavy (non-hydrogen) atoms. The number of hydrogen-bond acceptors (Lipinski definition) is 4. The topological polar surface area (TPSA) is 71.1 Å². The van der Waals surface area contributed by atoms with Gasteiger partial charge in [0.25, 0.3) is 0 Å². The highest BCUT2D eigenvalue weighted by Gasteiger charge is 2.25. The van der Waals surface area contributed by atoms with Crippen molar-refractivity contribution in [1.82, 2.24) is 0 Å². The van der Waals surface area contributed by atoms with E-state index >= 15 is 0 Å². The molecular formula is C14H21N3O. The Morgan fingerprint density at radius 1 is 1.39 bits per heavy atom. The first kappa shape index (κ1) is 14.3. The number of ether oxygens (including phenoxy) is 1. The number of nitrogens with one attached hydrogen (secondary N) is 1. The molecule has 0 saturated carbocycles. The fourth-order valence-electron chi connectivity index (χ4n) is 1.90. The molecule has 0 unspecified atom stereocenters. The molecule has 98 valence electrons. The molecule has 0 saturated heterocycles. The van der Waals surface area contributed by atoms with Crippen molar-refractivity contribution in [3.8, 4) is 11.8 Å². The number of methoxy groups -OCH3 is 1. The summed E-state index contributed by atoms with van der Waals surface area (Å²) in [5.74, 6) is 0.731. The van der Waals surface area contributed by atoms with Gasteiger partial charge in [0.05, 0.1) is 18.4 Å². The normalized spacial score (nSPS) is 10.8. The van der Waals surface area contributed by atoms with E-state index in [2.05, 4.69) is 25.2 Å². The lowest BCUT2D eigenvalue weighted by atomic mass is 9.92. The molecular weight excluding hydrogens is 226 g/mol. The van der Waals surface area contributed by atoms with Gasteiger partial charge in [-0.25, -0.2) is 0 Å². The Morgan fingerprint density at radius 2 is 2.06 bits per heavy atom. The van der Waals surface area contributed by atoms with E-state index in [1.165, 1.54) is 0 Å². The van der Waals surface area contributed by atoms with Gasteiger partial charge >= 0.3 is 0 Å². The van der Waals surface area contributed by atoms with Crippen LogP contribution in [0.3, 0.4) is 0 Å². The summed E-state index contributed by atoms with van der Waals surface area (Å²) in [7, 11) is 1.61. The first-order valence-corrected chi connectivity index (χ1v) is 6.21. The third kappa shape index (κ3) is 2.93. The lowest BCUT2D eigenvalue weighted by molar-refractivity contribution is 0.414. The van der Waals surface area contributed by atoms with Gasteiger partial charge in [-0.1, -0.05) is 13.8 Å². The number of benzene rings is 1. The van der Waals surface area contributed by atoms with Gasteiger partial charge in [-0.05, 0) is 25.0 Å². The highest BCUT2D eigenvalue weighted by atomic mass is 16.5. The number of nitrogens with zero attached hydrogens (tertiary/aromatic N) is 1. The minimum Gasteiger partial charge on any atom is -0.497 e. The standard InChI is InChI=1S/C14H21N3O/c1-4-14(5-2,10-16)17-13-8-12(18-3)7-6-11(13)9-15/h6-8,17H,4-5,10,16H2,1-3H3. The van der Waals surface area contributed by atoms with E-state index in [0.29, 0.717) is 12.1 Å². The Balaban J connectivity index is 3.12. The molecule has 0 heterocycles. The molecule has 0 atom stereocenters. The number of hydrogen-bond donors (Lipinski definition) is 2. The van der Waals surface area contributed by atoms with E-state index < -0.39 is 0 Å².